The molecular weight excluding hydrogens is 398 g/mol. The van der Waals surface area contributed by atoms with Gasteiger partial charge in [-0.15, -0.1) is 0 Å². The molecule has 1 amide bonds. The molecule has 0 radical (unpaired) electrons. The number of hydrazone groups is 1. The van der Waals surface area contributed by atoms with Crippen LogP contribution in [0.5, 0.6) is 5.75 Å². The summed E-state index contributed by atoms with van der Waals surface area (Å²) in [5.74, 6) is 0.556. The van der Waals surface area contributed by atoms with Crippen LogP contribution in [0, 0.1) is 0 Å². The number of para-hydroxylation sites is 1. The molecule has 0 atom stereocenters. The fourth-order valence-corrected chi connectivity index (χ4v) is 3.60. The molecule has 4 aromatic carbocycles. The zero-order valence-electron chi connectivity index (χ0n) is 17.3. The molecule has 5 rings (SSSR count). The standard InChI is InChI=1S/C27H21N3O2/c31-27(30-29-17-23-16-28-26-8-4-3-7-25(23)26)21-11-9-19(10-12-21)18-32-24-14-13-20-5-1-2-6-22(20)15-24/h1-17,28H,18H2,(H,30,31)/b29-17+. The maximum absolute atomic E-state index is 12.4. The number of ether oxygens (including phenoxy) is 1. The van der Waals surface area contributed by atoms with Crippen LogP contribution >= 0.6 is 0 Å². The first-order valence-corrected chi connectivity index (χ1v) is 10.4. The lowest BCUT2D eigenvalue weighted by molar-refractivity contribution is 0.0955. The second-order valence-electron chi connectivity index (χ2n) is 7.48. The maximum atomic E-state index is 12.4. The van der Waals surface area contributed by atoms with Gasteiger partial charge < -0.3 is 9.72 Å². The van der Waals surface area contributed by atoms with Gasteiger partial charge in [0.25, 0.3) is 5.91 Å². The second kappa shape index (κ2) is 8.78. The van der Waals surface area contributed by atoms with Gasteiger partial charge in [-0.2, -0.15) is 5.10 Å². The minimum atomic E-state index is -0.261. The Balaban J connectivity index is 1.18. The Morgan fingerprint density at radius 3 is 2.56 bits per heavy atom. The summed E-state index contributed by atoms with van der Waals surface area (Å²) >= 11 is 0. The van der Waals surface area contributed by atoms with Gasteiger partial charge in [-0.25, -0.2) is 5.43 Å². The van der Waals surface area contributed by atoms with E-state index in [0.717, 1.165) is 33.2 Å². The number of rotatable bonds is 6. The number of fused-ring (bicyclic) bond motifs is 2. The number of amides is 1. The van der Waals surface area contributed by atoms with E-state index in [9.17, 15) is 4.79 Å². The van der Waals surface area contributed by atoms with Crippen LogP contribution in [0.3, 0.4) is 0 Å². The number of nitrogens with zero attached hydrogens (tertiary/aromatic N) is 1. The Kier molecular flexibility index (Phi) is 5.37. The van der Waals surface area contributed by atoms with E-state index in [2.05, 4.69) is 33.7 Å². The molecule has 0 bridgehead atoms. The second-order valence-corrected chi connectivity index (χ2v) is 7.48. The fraction of sp³-hybridized carbons (Fsp3) is 0.0370. The quantitative estimate of drug-likeness (QED) is 0.275. The molecule has 5 nitrogen and oxygen atoms in total. The largest absolute Gasteiger partial charge is 0.489 e. The highest BCUT2D eigenvalue weighted by atomic mass is 16.5. The monoisotopic (exact) mass is 419 g/mol. The molecule has 32 heavy (non-hydrogen) atoms. The number of nitrogens with one attached hydrogen (secondary N) is 2. The van der Waals surface area contributed by atoms with E-state index >= 15 is 0 Å². The van der Waals surface area contributed by atoms with E-state index in [1.165, 1.54) is 5.39 Å². The molecule has 0 unspecified atom stereocenters. The Labute approximate surface area is 185 Å². The summed E-state index contributed by atoms with van der Waals surface area (Å²) in [4.78, 5) is 15.6. The predicted octanol–water partition coefficient (Wildman–Crippen LogP) is 5.66. The van der Waals surface area contributed by atoms with E-state index < -0.39 is 0 Å². The Morgan fingerprint density at radius 1 is 0.906 bits per heavy atom. The lowest BCUT2D eigenvalue weighted by Crippen LogP contribution is -2.17. The Hall–Kier alpha value is -4.38. The number of H-pyrrole nitrogens is 1. The fourth-order valence-electron chi connectivity index (χ4n) is 3.60. The molecule has 2 N–H and O–H groups in total. The first kappa shape index (κ1) is 19.6. The molecule has 0 saturated carbocycles. The zero-order chi connectivity index (χ0) is 21.8. The van der Waals surface area contributed by atoms with Gasteiger partial charge in [-0.1, -0.05) is 60.7 Å². The number of hydrogen-bond donors (Lipinski definition) is 2. The zero-order valence-corrected chi connectivity index (χ0v) is 17.3. The van der Waals surface area contributed by atoms with E-state index in [1.54, 1.807) is 18.3 Å². The molecule has 1 aromatic heterocycles. The number of aromatic nitrogens is 1. The molecule has 0 aliphatic rings. The summed E-state index contributed by atoms with van der Waals surface area (Å²) in [6.45, 7) is 0.430. The van der Waals surface area contributed by atoms with Crippen molar-refractivity contribution in [1.29, 1.82) is 0 Å². The van der Waals surface area contributed by atoms with Gasteiger partial charge >= 0.3 is 0 Å². The Bertz CT molecular complexity index is 1420. The average molecular weight is 419 g/mol. The summed E-state index contributed by atoms with van der Waals surface area (Å²) in [5.41, 5.74) is 6.05. The highest BCUT2D eigenvalue weighted by Gasteiger charge is 2.05. The molecule has 0 saturated heterocycles. The van der Waals surface area contributed by atoms with Crippen LogP contribution in [-0.4, -0.2) is 17.1 Å². The number of carbonyl (C=O) groups excluding carboxylic acids is 1. The predicted molar refractivity (Wildman–Crippen MR) is 128 cm³/mol. The van der Waals surface area contributed by atoms with Crippen LogP contribution < -0.4 is 10.2 Å². The van der Waals surface area contributed by atoms with Crippen LogP contribution in [0.25, 0.3) is 21.7 Å². The van der Waals surface area contributed by atoms with Gasteiger partial charge in [0.15, 0.2) is 0 Å². The average Bonchev–Trinajstić information content (AvgIpc) is 3.26. The van der Waals surface area contributed by atoms with Crippen molar-refractivity contribution in [3.63, 3.8) is 0 Å². The van der Waals surface area contributed by atoms with Crippen LogP contribution in [-0.2, 0) is 6.61 Å². The lowest BCUT2D eigenvalue weighted by atomic mass is 10.1. The SMILES string of the molecule is O=C(N/N=C/c1c[nH]c2ccccc12)c1ccc(COc2ccc3ccccc3c2)cc1. The number of carbonyl (C=O) groups is 1. The molecule has 1 heterocycles. The molecule has 0 fully saturated rings. The third-order valence-corrected chi connectivity index (χ3v) is 5.33. The van der Waals surface area contributed by atoms with Crippen LogP contribution in [0.15, 0.2) is 102 Å². The first-order chi connectivity index (χ1) is 15.8. The van der Waals surface area contributed by atoms with Crippen LogP contribution in [0.1, 0.15) is 21.5 Å². The number of hydrogen-bond acceptors (Lipinski definition) is 3. The molecule has 156 valence electrons. The first-order valence-electron chi connectivity index (χ1n) is 10.4. The summed E-state index contributed by atoms with van der Waals surface area (Å²) in [6.07, 6.45) is 3.51. The van der Waals surface area contributed by atoms with Crippen molar-refractivity contribution in [2.45, 2.75) is 6.61 Å². The van der Waals surface area contributed by atoms with Gasteiger partial charge in [0.1, 0.15) is 12.4 Å². The van der Waals surface area contributed by atoms with E-state index in [0.29, 0.717) is 12.2 Å². The van der Waals surface area contributed by atoms with E-state index in [1.807, 2.05) is 66.9 Å². The summed E-state index contributed by atoms with van der Waals surface area (Å²) in [5, 5.41) is 7.48. The third-order valence-electron chi connectivity index (χ3n) is 5.33. The molecular formula is C27H21N3O2. The Morgan fingerprint density at radius 2 is 1.69 bits per heavy atom. The topological polar surface area (TPSA) is 66.5 Å². The maximum Gasteiger partial charge on any atom is 0.271 e. The molecule has 5 aromatic rings. The third kappa shape index (κ3) is 4.23. The molecule has 0 aliphatic heterocycles. The van der Waals surface area contributed by atoms with Gasteiger partial charge in [-0.05, 0) is 46.7 Å². The van der Waals surface area contributed by atoms with Crippen LogP contribution in [0.4, 0.5) is 0 Å². The van der Waals surface area contributed by atoms with E-state index in [-0.39, 0.29) is 5.91 Å². The van der Waals surface area contributed by atoms with Gasteiger partial charge in [-0.3, -0.25) is 4.79 Å². The van der Waals surface area contributed by atoms with Crippen LogP contribution in [0.2, 0.25) is 0 Å². The summed E-state index contributed by atoms with van der Waals surface area (Å²) in [7, 11) is 0. The molecule has 0 aliphatic carbocycles. The van der Waals surface area contributed by atoms with Gasteiger partial charge in [0, 0.05) is 28.2 Å². The van der Waals surface area contributed by atoms with Crippen molar-refractivity contribution in [2.24, 2.45) is 5.10 Å². The van der Waals surface area contributed by atoms with Crippen molar-refractivity contribution in [3.05, 3.63) is 114 Å². The van der Waals surface area contributed by atoms with Crippen molar-refractivity contribution < 1.29 is 9.53 Å². The normalized spacial score (nSPS) is 11.2. The number of aromatic amines is 1. The smallest absolute Gasteiger partial charge is 0.271 e. The summed E-state index contributed by atoms with van der Waals surface area (Å²) in [6, 6.07) is 29.5. The highest BCUT2D eigenvalue weighted by molar-refractivity contribution is 6.00. The van der Waals surface area contributed by atoms with E-state index in [4.69, 9.17) is 4.74 Å². The number of benzene rings is 4. The molecule has 5 heteroatoms. The van der Waals surface area contributed by atoms with Gasteiger partial charge in [0.2, 0.25) is 0 Å². The van der Waals surface area contributed by atoms with Crippen molar-refractivity contribution in [3.8, 4) is 5.75 Å². The lowest BCUT2D eigenvalue weighted by Gasteiger charge is -2.08. The van der Waals surface area contributed by atoms with Gasteiger partial charge in [0.05, 0.1) is 6.21 Å². The van der Waals surface area contributed by atoms with Crippen molar-refractivity contribution in [1.82, 2.24) is 10.4 Å². The minimum absolute atomic E-state index is 0.261. The molecule has 0 spiro atoms. The summed E-state index contributed by atoms with van der Waals surface area (Å²) < 4.78 is 5.91. The van der Waals surface area contributed by atoms with Crippen molar-refractivity contribution >= 4 is 33.8 Å². The minimum Gasteiger partial charge on any atom is -0.489 e. The highest BCUT2D eigenvalue weighted by Crippen LogP contribution is 2.21. The van der Waals surface area contributed by atoms with Crippen molar-refractivity contribution in [2.75, 3.05) is 0 Å².